The Kier molecular flexibility index (Phi) is 6.32. The first-order chi connectivity index (χ1) is 16.8. The van der Waals surface area contributed by atoms with Gasteiger partial charge >= 0.3 is 10.1 Å². The Morgan fingerprint density at radius 2 is 1.51 bits per heavy atom. The van der Waals surface area contributed by atoms with E-state index in [4.69, 9.17) is 15.8 Å². The average molecular weight is 512 g/mol. The molecule has 2 aromatic rings. The van der Waals surface area contributed by atoms with Crippen LogP contribution in [0.2, 0.25) is 5.02 Å². The number of benzene rings is 2. The smallest absolute Gasteiger partial charge is 0.339 e. The lowest BCUT2D eigenvalue weighted by Gasteiger charge is -2.43. The highest BCUT2D eigenvalue weighted by Gasteiger charge is 2.42. The van der Waals surface area contributed by atoms with E-state index in [0.29, 0.717) is 41.1 Å². The number of allylic oxidation sites excluding steroid dienone is 4. The van der Waals surface area contributed by atoms with Crippen molar-refractivity contribution in [1.82, 2.24) is 4.90 Å². The first kappa shape index (κ1) is 23.8. The van der Waals surface area contributed by atoms with Crippen LogP contribution in [0.4, 0.5) is 0 Å². The molecule has 0 atom stereocenters. The van der Waals surface area contributed by atoms with Crippen LogP contribution in [0, 0.1) is 0 Å². The molecular weight excluding hydrogens is 486 g/mol. The van der Waals surface area contributed by atoms with Crippen molar-refractivity contribution in [2.24, 2.45) is 0 Å². The Bertz CT molecular complexity index is 1330. The predicted molar refractivity (Wildman–Crippen MR) is 133 cm³/mol. The number of halogens is 1. The highest BCUT2D eigenvalue weighted by Crippen LogP contribution is 2.49. The summed E-state index contributed by atoms with van der Waals surface area (Å²) < 4.78 is 31.1. The summed E-state index contributed by atoms with van der Waals surface area (Å²) in [5.74, 6) is -0.268. The molecule has 0 unspecified atom stereocenters. The first-order valence-corrected chi connectivity index (χ1v) is 13.7. The van der Waals surface area contributed by atoms with Crippen LogP contribution in [0.25, 0.3) is 0 Å². The van der Waals surface area contributed by atoms with Gasteiger partial charge in [0.15, 0.2) is 11.6 Å². The van der Waals surface area contributed by atoms with Crippen LogP contribution in [0.1, 0.15) is 56.9 Å². The summed E-state index contributed by atoms with van der Waals surface area (Å²) in [7, 11) is -4.08. The Balaban J connectivity index is 1.59. The number of Topliss-reactive ketones (excluding diaryl/α,β-unsaturated/α-hetero) is 2. The van der Waals surface area contributed by atoms with Crippen LogP contribution in [0.5, 0.6) is 5.75 Å². The van der Waals surface area contributed by atoms with Gasteiger partial charge in [-0.25, -0.2) is 0 Å². The zero-order valence-corrected chi connectivity index (χ0v) is 21.0. The molecule has 0 amide bonds. The second kappa shape index (κ2) is 9.28. The zero-order valence-electron chi connectivity index (χ0n) is 19.4. The van der Waals surface area contributed by atoms with Gasteiger partial charge in [-0.05, 0) is 74.6 Å². The lowest BCUT2D eigenvalue weighted by molar-refractivity contribution is -0.117. The third-order valence-electron chi connectivity index (χ3n) is 6.90. The number of hydrogen-bond donors (Lipinski definition) is 0. The van der Waals surface area contributed by atoms with Crippen LogP contribution >= 0.6 is 11.6 Å². The maximum atomic E-state index is 13.2. The van der Waals surface area contributed by atoms with E-state index in [1.165, 1.54) is 24.3 Å². The first-order valence-electron chi connectivity index (χ1n) is 11.9. The van der Waals surface area contributed by atoms with Gasteiger partial charge in [-0.2, -0.15) is 8.42 Å². The van der Waals surface area contributed by atoms with Crippen LogP contribution in [0.3, 0.4) is 0 Å². The molecule has 0 bridgehead atoms. The summed E-state index contributed by atoms with van der Waals surface area (Å²) in [6.07, 6.45) is 4.06. The summed E-state index contributed by atoms with van der Waals surface area (Å²) in [6, 6.07) is 12.5. The standard InChI is InChI=1S/C27H26ClNO5S/c1-2-29-21-8-4-10-23(30)26(21)25(27-22(29)9-5-11-24(27)31)17-6-3-7-19(16-17)34-35(32,33)20-14-12-18(28)13-15-20/h3,6-7,12-16,25H,2,4-5,8-11H2,1H3. The minimum absolute atomic E-state index is 0.0107. The van der Waals surface area contributed by atoms with Crippen molar-refractivity contribution >= 4 is 33.3 Å². The number of ketones is 2. The molecule has 2 aliphatic carbocycles. The third kappa shape index (κ3) is 4.32. The topological polar surface area (TPSA) is 80.8 Å². The predicted octanol–water partition coefficient (Wildman–Crippen LogP) is 5.54. The molecule has 1 aliphatic heterocycles. The van der Waals surface area contributed by atoms with Crippen molar-refractivity contribution in [2.75, 3.05) is 6.54 Å². The highest BCUT2D eigenvalue weighted by molar-refractivity contribution is 7.87. The van der Waals surface area contributed by atoms with Crippen molar-refractivity contribution in [1.29, 1.82) is 0 Å². The zero-order chi connectivity index (χ0) is 24.7. The van der Waals surface area contributed by atoms with E-state index < -0.39 is 16.0 Å². The van der Waals surface area contributed by atoms with Crippen molar-refractivity contribution in [3.8, 4) is 5.75 Å². The molecule has 0 fully saturated rings. The molecule has 6 nitrogen and oxygen atoms in total. The lowest BCUT2D eigenvalue weighted by atomic mass is 9.71. The maximum absolute atomic E-state index is 13.2. The molecule has 0 N–H and O–H groups in total. The van der Waals surface area contributed by atoms with Gasteiger partial charge in [-0.3, -0.25) is 9.59 Å². The molecule has 0 saturated carbocycles. The molecule has 1 heterocycles. The molecule has 5 rings (SSSR count). The number of hydrogen-bond acceptors (Lipinski definition) is 6. The Labute approximate surface area is 210 Å². The molecule has 2 aromatic carbocycles. The fourth-order valence-corrected chi connectivity index (χ4v) is 6.50. The van der Waals surface area contributed by atoms with Crippen molar-refractivity contribution in [3.63, 3.8) is 0 Å². The Morgan fingerprint density at radius 1 is 0.914 bits per heavy atom. The molecular formula is C27H26ClNO5S. The van der Waals surface area contributed by atoms with Crippen LogP contribution in [-0.2, 0) is 19.7 Å². The average Bonchev–Trinajstić information content (AvgIpc) is 2.83. The summed E-state index contributed by atoms with van der Waals surface area (Å²) in [6.45, 7) is 2.75. The quantitative estimate of drug-likeness (QED) is 0.490. The molecule has 0 saturated heterocycles. The largest absolute Gasteiger partial charge is 0.379 e. The highest BCUT2D eigenvalue weighted by atomic mass is 35.5. The summed E-state index contributed by atoms with van der Waals surface area (Å²) in [5, 5.41) is 0.423. The molecule has 0 aromatic heterocycles. The second-order valence-corrected chi connectivity index (χ2v) is 11.0. The van der Waals surface area contributed by atoms with E-state index in [1.54, 1.807) is 18.2 Å². The second-order valence-electron chi connectivity index (χ2n) is 9.02. The van der Waals surface area contributed by atoms with Gasteiger partial charge in [0.2, 0.25) is 0 Å². The van der Waals surface area contributed by atoms with Gasteiger partial charge in [0.05, 0.1) is 0 Å². The van der Waals surface area contributed by atoms with E-state index in [1.807, 2.05) is 13.0 Å². The third-order valence-corrected chi connectivity index (χ3v) is 8.42. The normalized spacial score (nSPS) is 19.1. The molecule has 3 aliphatic rings. The maximum Gasteiger partial charge on any atom is 0.339 e. The summed E-state index contributed by atoms with van der Waals surface area (Å²) >= 11 is 5.88. The van der Waals surface area contributed by atoms with Gasteiger partial charge in [0, 0.05) is 52.9 Å². The lowest BCUT2D eigenvalue weighted by Crippen LogP contribution is -2.39. The molecule has 8 heteroatoms. The molecule has 35 heavy (non-hydrogen) atoms. The van der Waals surface area contributed by atoms with Gasteiger partial charge in [0.25, 0.3) is 0 Å². The molecule has 182 valence electrons. The van der Waals surface area contributed by atoms with Crippen LogP contribution in [-0.4, -0.2) is 31.4 Å². The van der Waals surface area contributed by atoms with E-state index in [0.717, 1.165) is 37.1 Å². The van der Waals surface area contributed by atoms with Gasteiger partial charge in [-0.1, -0.05) is 23.7 Å². The van der Waals surface area contributed by atoms with E-state index >= 15 is 0 Å². The van der Waals surface area contributed by atoms with E-state index in [2.05, 4.69) is 4.90 Å². The number of carbonyl (C=O) groups is 2. The Hall–Kier alpha value is -2.90. The minimum atomic E-state index is -4.08. The minimum Gasteiger partial charge on any atom is -0.379 e. The van der Waals surface area contributed by atoms with Crippen molar-refractivity contribution < 1.29 is 22.2 Å². The van der Waals surface area contributed by atoms with E-state index in [9.17, 15) is 18.0 Å². The van der Waals surface area contributed by atoms with Crippen molar-refractivity contribution in [3.05, 3.63) is 81.7 Å². The fraction of sp³-hybridized carbons (Fsp3) is 0.333. The van der Waals surface area contributed by atoms with Gasteiger partial charge in [-0.15, -0.1) is 0 Å². The number of rotatable bonds is 5. The van der Waals surface area contributed by atoms with Gasteiger partial charge < -0.3 is 9.08 Å². The molecule has 0 radical (unpaired) electrons. The number of carbonyl (C=O) groups excluding carboxylic acids is 2. The van der Waals surface area contributed by atoms with E-state index in [-0.39, 0.29) is 22.2 Å². The van der Waals surface area contributed by atoms with Crippen LogP contribution < -0.4 is 4.18 Å². The van der Waals surface area contributed by atoms with Gasteiger partial charge in [0.1, 0.15) is 10.6 Å². The summed E-state index contributed by atoms with van der Waals surface area (Å²) in [5.41, 5.74) is 4.04. The van der Waals surface area contributed by atoms with Crippen molar-refractivity contribution in [2.45, 2.75) is 56.3 Å². The Morgan fingerprint density at radius 3 is 2.09 bits per heavy atom. The van der Waals surface area contributed by atoms with Crippen LogP contribution in [0.15, 0.2) is 76.0 Å². The number of nitrogens with zero attached hydrogens (tertiary/aromatic N) is 1. The summed E-state index contributed by atoms with van der Waals surface area (Å²) in [4.78, 5) is 28.6. The fourth-order valence-electron chi connectivity index (χ4n) is 5.45. The monoisotopic (exact) mass is 511 g/mol. The SMILES string of the molecule is CCN1C2=C(C(=O)CCC2)C(c2cccc(OS(=O)(=O)c3ccc(Cl)cc3)c2)C2=C1CCCC2=O. The molecule has 0 spiro atoms.